The first-order valence-corrected chi connectivity index (χ1v) is 12.4. The summed E-state index contributed by atoms with van der Waals surface area (Å²) in [5.74, 6) is -3.77. The quantitative estimate of drug-likeness (QED) is 0.434. The Kier molecular flexibility index (Phi) is 5.24. The molecule has 1 spiro atoms. The fraction of sp³-hybridized carbons (Fsp3) is 0.731. The second-order valence-corrected chi connectivity index (χ2v) is 11.4. The van der Waals surface area contributed by atoms with E-state index in [1.54, 1.807) is 0 Å². The number of hydrogen-bond donors (Lipinski definition) is 0. The number of ketones is 1. The molecule has 4 aliphatic carbocycles. The fourth-order valence-electron chi connectivity index (χ4n) is 8.37. The highest BCUT2D eigenvalue weighted by molar-refractivity contribution is 5.91. The Hall–Kier alpha value is -2.71. The molecule has 5 rings (SSSR count). The number of rotatable bonds is 4. The standard InChI is InChI=1S/C26H32O9/c1-14(27)32-13-25(33-15(2)28)12-24-11-17(25)5-6-20(24)23(4)7-8-26(34-16(3)29)19(10-22(31)35-26)18(23)9-21(24)30/h10,17-18,20H,5-9,11-13H2,1-4H3/t17-,18?,20?,23-,24-,25+,26-/m1/s1. The maximum absolute atomic E-state index is 14.0. The lowest BCUT2D eigenvalue weighted by atomic mass is 9.43. The van der Waals surface area contributed by atoms with Crippen LogP contribution in [0.1, 0.15) is 72.6 Å². The molecule has 2 bridgehead atoms. The topological polar surface area (TPSA) is 122 Å². The third kappa shape index (κ3) is 3.37. The predicted molar refractivity (Wildman–Crippen MR) is 118 cm³/mol. The van der Waals surface area contributed by atoms with Crippen molar-refractivity contribution < 1.29 is 42.9 Å². The van der Waals surface area contributed by atoms with Crippen LogP contribution >= 0.6 is 0 Å². The van der Waals surface area contributed by atoms with Gasteiger partial charge in [-0.3, -0.25) is 19.2 Å². The minimum absolute atomic E-state index is 0.0146. The lowest BCUT2D eigenvalue weighted by molar-refractivity contribution is -0.225. The van der Waals surface area contributed by atoms with Gasteiger partial charge in [0, 0.05) is 68.9 Å². The summed E-state index contributed by atoms with van der Waals surface area (Å²) in [5, 5.41) is 0. The average Bonchev–Trinajstić information content (AvgIpc) is 3.19. The van der Waals surface area contributed by atoms with Crippen molar-refractivity contribution in [1.29, 1.82) is 0 Å². The number of fused-ring (bicyclic) bond motifs is 5. The molecule has 4 fully saturated rings. The van der Waals surface area contributed by atoms with Crippen LogP contribution < -0.4 is 0 Å². The summed E-state index contributed by atoms with van der Waals surface area (Å²) in [6.45, 7) is 6.04. The van der Waals surface area contributed by atoms with E-state index in [0.29, 0.717) is 31.3 Å². The van der Waals surface area contributed by atoms with E-state index in [2.05, 4.69) is 6.92 Å². The summed E-state index contributed by atoms with van der Waals surface area (Å²) >= 11 is 0. The molecule has 5 aliphatic rings. The van der Waals surface area contributed by atoms with Crippen LogP contribution in [-0.4, -0.2) is 47.7 Å². The number of hydrogen-bond acceptors (Lipinski definition) is 9. The Morgan fingerprint density at radius 3 is 2.40 bits per heavy atom. The van der Waals surface area contributed by atoms with Gasteiger partial charge in [0.05, 0.1) is 0 Å². The largest absolute Gasteiger partial charge is 0.462 e. The average molecular weight is 489 g/mol. The van der Waals surface area contributed by atoms with Gasteiger partial charge in [0.2, 0.25) is 0 Å². The highest BCUT2D eigenvalue weighted by Gasteiger charge is 2.73. The van der Waals surface area contributed by atoms with Crippen LogP contribution in [0.5, 0.6) is 0 Å². The fourth-order valence-corrected chi connectivity index (χ4v) is 8.37. The Labute approximate surface area is 203 Å². The second-order valence-electron chi connectivity index (χ2n) is 11.4. The number of carbonyl (C=O) groups is 5. The lowest BCUT2D eigenvalue weighted by Crippen LogP contribution is -2.60. The molecule has 0 aromatic heterocycles. The van der Waals surface area contributed by atoms with Gasteiger partial charge in [-0.05, 0) is 37.0 Å². The number of esters is 4. The zero-order chi connectivity index (χ0) is 25.4. The van der Waals surface area contributed by atoms with E-state index in [-0.39, 0.29) is 42.0 Å². The first-order valence-electron chi connectivity index (χ1n) is 12.4. The van der Waals surface area contributed by atoms with Crippen LogP contribution in [0.3, 0.4) is 0 Å². The molecule has 0 N–H and O–H groups in total. The van der Waals surface area contributed by atoms with E-state index in [4.69, 9.17) is 18.9 Å². The van der Waals surface area contributed by atoms with Gasteiger partial charge >= 0.3 is 23.9 Å². The van der Waals surface area contributed by atoms with Crippen LogP contribution in [-0.2, 0) is 42.9 Å². The van der Waals surface area contributed by atoms with E-state index in [9.17, 15) is 24.0 Å². The first kappa shape index (κ1) is 24.0. The second kappa shape index (κ2) is 7.64. The van der Waals surface area contributed by atoms with Crippen molar-refractivity contribution in [2.45, 2.75) is 84.0 Å². The number of Topliss-reactive ketones (excluding diaryl/α,β-unsaturated/α-hetero) is 1. The van der Waals surface area contributed by atoms with Crippen LogP contribution in [0.2, 0.25) is 0 Å². The molecular formula is C26H32O9. The Morgan fingerprint density at radius 1 is 1.03 bits per heavy atom. The minimum Gasteiger partial charge on any atom is -0.462 e. The SMILES string of the molecule is CC(=O)OC[C@@]1(OC(C)=O)C[C@]23C[C@H]1CCC2[C@]1(C)CC[C@@]2(OC(C)=O)OC(=O)C=C2C1CC3=O. The van der Waals surface area contributed by atoms with Crippen molar-refractivity contribution in [3.05, 3.63) is 11.6 Å². The van der Waals surface area contributed by atoms with Gasteiger partial charge in [-0.2, -0.15) is 0 Å². The molecule has 1 heterocycles. The van der Waals surface area contributed by atoms with Crippen molar-refractivity contribution in [2.75, 3.05) is 6.61 Å². The van der Waals surface area contributed by atoms with E-state index < -0.39 is 40.7 Å². The molecule has 0 aromatic rings. The zero-order valence-electron chi connectivity index (χ0n) is 20.6. The van der Waals surface area contributed by atoms with E-state index in [1.807, 2.05) is 0 Å². The molecule has 9 heteroatoms. The Morgan fingerprint density at radius 2 is 1.74 bits per heavy atom. The third-order valence-electron chi connectivity index (χ3n) is 9.50. The molecule has 1 aliphatic heterocycles. The molecule has 4 saturated carbocycles. The van der Waals surface area contributed by atoms with Crippen molar-refractivity contribution >= 4 is 29.7 Å². The molecule has 35 heavy (non-hydrogen) atoms. The van der Waals surface area contributed by atoms with E-state index >= 15 is 0 Å². The summed E-state index contributed by atoms with van der Waals surface area (Å²) in [7, 11) is 0. The van der Waals surface area contributed by atoms with Gasteiger partial charge in [0.25, 0.3) is 5.79 Å². The van der Waals surface area contributed by atoms with Crippen LogP contribution in [0.15, 0.2) is 11.6 Å². The first-order chi connectivity index (χ1) is 16.4. The van der Waals surface area contributed by atoms with Crippen molar-refractivity contribution in [3.8, 4) is 0 Å². The zero-order valence-corrected chi connectivity index (χ0v) is 20.6. The highest BCUT2D eigenvalue weighted by atomic mass is 16.7. The summed E-state index contributed by atoms with van der Waals surface area (Å²) < 4.78 is 22.3. The van der Waals surface area contributed by atoms with Gasteiger partial charge in [-0.25, -0.2) is 4.79 Å². The van der Waals surface area contributed by atoms with Gasteiger partial charge in [0.15, 0.2) is 0 Å². The normalized spacial score (nSPS) is 43.2. The molecule has 0 radical (unpaired) electrons. The summed E-state index contributed by atoms with van der Waals surface area (Å²) in [6, 6.07) is 0. The molecule has 190 valence electrons. The minimum atomic E-state index is -1.43. The van der Waals surface area contributed by atoms with Crippen LogP contribution in [0.25, 0.3) is 0 Å². The van der Waals surface area contributed by atoms with Gasteiger partial charge in [0.1, 0.15) is 18.0 Å². The summed E-state index contributed by atoms with van der Waals surface area (Å²) in [5.41, 5.74) is -1.47. The van der Waals surface area contributed by atoms with E-state index in [1.165, 1.54) is 26.8 Å². The Bertz CT molecular complexity index is 1060. The molecule has 0 amide bonds. The van der Waals surface area contributed by atoms with Crippen molar-refractivity contribution in [1.82, 2.24) is 0 Å². The summed E-state index contributed by atoms with van der Waals surface area (Å²) in [4.78, 5) is 61.9. The highest BCUT2D eigenvalue weighted by Crippen LogP contribution is 2.72. The molecule has 9 nitrogen and oxygen atoms in total. The van der Waals surface area contributed by atoms with Gasteiger partial charge in [-0.1, -0.05) is 6.92 Å². The monoisotopic (exact) mass is 488 g/mol. The van der Waals surface area contributed by atoms with Crippen LogP contribution in [0, 0.1) is 28.6 Å². The maximum atomic E-state index is 14.0. The van der Waals surface area contributed by atoms with E-state index in [0.717, 1.165) is 12.8 Å². The molecule has 0 saturated heterocycles. The predicted octanol–water partition coefficient (Wildman–Crippen LogP) is 2.79. The molecule has 7 atom stereocenters. The van der Waals surface area contributed by atoms with Gasteiger partial charge in [-0.15, -0.1) is 0 Å². The number of ether oxygens (including phenoxy) is 4. The van der Waals surface area contributed by atoms with Crippen LogP contribution in [0.4, 0.5) is 0 Å². The number of carbonyl (C=O) groups excluding carboxylic acids is 5. The van der Waals surface area contributed by atoms with Crippen molar-refractivity contribution in [3.63, 3.8) is 0 Å². The maximum Gasteiger partial charge on any atom is 0.334 e. The molecule has 2 unspecified atom stereocenters. The Balaban J connectivity index is 1.53. The third-order valence-corrected chi connectivity index (χ3v) is 9.50. The van der Waals surface area contributed by atoms with Crippen molar-refractivity contribution in [2.24, 2.45) is 28.6 Å². The smallest absolute Gasteiger partial charge is 0.334 e. The molecule has 0 aromatic carbocycles. The summed E-state index contributed by atoms with van der Waals surface area (Å²) in [6.07, 6.45) is 4.95. The van der Waals surface area contributed by atoms with Gasteiger partial charge < -0.3 is 18.9 Å². The molecular weight excluding hydrogens is 456 g/mol. The lowest BCUT2D eigenvalue weighted by Gasteiger charge is -2.60.